The molecule has 0 amide bonds. The zero-order valence-corrected chi connectivity index (χ0v) is 11.2. The van der Waals surface area contributed by atoms with E-state index in [-0.39, 0.29) is 0 Å². The summed E-state index contributed by atoms with van der Waals surface area (Å²) in [6.07, 6.45) is 3.13. The van der Waals surface area contributed by atoms with Gasteiger partial charge in [-0.3, -0.25) is 9.48 Å². The SMILES string of the molecule is Cc1ccc(OCCCn2cc(C=O)nn2)cc1C. The van der Waals surface area contributed by atoms with Gasteiger partial charge in [-0.25, -0.2) is 0 Å². The number of carbonyl (C=O) groups excluding carboxylic acids is 1. The monoisotopic (exact) mass is 259 g/mol. The summed E-state index contributed by atoms with van der Waals surface area (Å²) in [6, 6.07) is 6.07. The lowest BCUT2D eigenvalue weighted by atomic mass is 10.1. The van der Waals surface area contributed by atoms with E-state index >= 15 is 0 Å². The van der Waals surface area contributed by atoms with E-state index in [0.717, 1.165) is 12.2 Å². The highest BCUT2D eigenvalue weighted by atomic mass is 16.5. The molecule has 0 aliphatic heterocycles. The van der Waals surface area contributed by atoms with Crippen molar-refractivity contribution >= 4 is 6.29 Å². The Labute approximate surface area is 112 Å². The van der Waals surface area contributed by atoms with Gasteiger partial charge >= 0.3 is 0 Å². The van der Waals surface area contributed by atoms with Gasteiger partial charge < -0.3 is 4.74 Å². The van der Waals surface area contributed by atoms with Crippen LogP contribution in [0, 0.1) is 13.8 Å². The number of aldehydes is 1. The maximum absolute atomic E-state index is 10.5. The highest BCUT2D eigenvalue weighted by Crippen LogP contribution is 2.16. The second kappa shape index (κ2) is 6.13. The Balaban J connectivity index is 1.77. The molecule has 1 heterocycles. The van der Waals surface area contributed by atoms with Gasteiger partial charge in [-0.15, -0.1) is 5.10 Å². The smallest absolute Gasteiger partial charge is 0.171 e. The molecule has 0 aliphatic carbocycles. The molecule has 0 N–H and O–H groups in total. The van der Waals surface area contributed by atoms with E-state index in [1.165, 1.54) is 11.1 Å². The van der Waals surface area contributed by atoms with Gasteiger partial charge in [0.1, 0.15) is 11.4 Å². The molecule has 5 heteroatoms. The average molecular weight is 259 g/mol. The van der Waals surface area contributed by atoms with Crippen LogP contribution in [-0.4, -0.2) is 27.9 Å². The Hall–Kier alpha value is -2.17. The van der Waals surface area contributed by atoms with Gasteiger partial charge in [0.05, 0.1) is 12.8 Å². The largest absolute Gasteiger partial charge is 0.494 e. The fraction of sp³-hybridized carbons (Fsp3) is 0.357. The topological polar surface area (TPSA) is 57.0 Å². The minimum absolute atomic E-state index is 0.357. The lowest BCUT2D eigenvalue weighted by Gasteiger charge is -2.08. The van der Waals surface area contributed by atoms with Crippen molar-refractivity contribution in [2.24, 2.45) is 0 Å². The van der Waals surface area contributed by atoms with Gasteiger partial charge in [0, 0.05) is 13.0 Å². The summed E-state index contributed by atoms with van der Waals surface area (Å²) in [5, 5.41) is 7.53. The molecule has 2 rings (SSSR count). The van der Waals surface area contributed by atoms with Gasteiger partial charge in [-0.2, -0.15) is 0 Å². The minimum atomic E-state index is 0.357. The first-order valence-electron chi connectivity index (χ1n) is 6.24. The summed E-state index contributed by atoms with van der Waals surface area (Å²) in [5.74, 6) is 0.885. The van der Waals surface area contributed by atoms with E-state index in [1.807, 2.05) is 12.1 Å². The highest BCUT2D eigenvalue weighted by molar-refractivity contribution is 5.70. The lowest BCUT2D eigenvalue weighted by molar-refractivity contribution is 0.111. The number of hydrogen-bond acceptors (Lipinski definition) is 4. The number of rotatable bonds is 6. The third-order valence-corrected chi connectivity index (χ3v) is 2.96. The summed E-state index contributed by atoms with van der Waals surface area (Å²) >= 11 is 0. The van der Waals surface area contributed by atoms with Crippen LogP contribution in [0.4, 0.5) is 0 Å². The van der Waals surface area contributed by atoms with Crippen LogP contribution in [0.15, 0.2) is 24.4 Å². The first kappa shape index (κ1) is 13.3. The molecule has 0 spiro atoms. The summed E-state index contributed by atoms with van der Waals surface area (Å²) in [4.78, 5) is 10.5. The number of benzene rings is 1. The first-order valence-corrected chi connectivity index (χ1v) is 6.24. The van der Waals surface area contributed by atoms with Crippen molar-refractivity contribution in [2.75, 3.05) is 6.61 Å². The summed E-state index contributed by atoms with van der Waals surface area (Å²) in [5.41, 5.74) is 2.84. The van der Waals surface area contributed by atoms with E-state index < -0.39 is 0 Å². The van der Waals surface area contributed by atoms with E-state index in [0.29, 0.717) is 25.1 Å². The molecular formula is C14H17N3O2. The van der Waals surface area contributed by atoms with Crippen molar-refractivity contribution in [1.82, 2.24) is 15.0 Å². The molecule has 100 valence electrons. The average Bonchev–Trinajstić information content (AvgIpc) is 2.87. The predicted molar refractivity (Wildman–Crippen MR) is 71.4 cm³/mol. The number of hydrogen-bond donors (Lipinski definition) is 0. The summed E-state index contributed by atoms with van der Waals surface area (Å²) in [6.45, 7) is 5.44. The second-order valence-corrected chi connectivity index (χ2v) is 4.47. The van der Waals surface area contributed by atoms with Crippen LogP contribution in [0.5, 0.6) is 5.75 Å². The number of aromatic nitrogens is 3. The van der Waals surface area contributed by atoms with E-state index in [1.54, 1.807) is 10.9 Å². The van der Waals surface area contributed by atoms with Crippen molar-refractivity contribution in [3.63, 3.8) is 0 Å². The van der Waals surface area contributed by atoms with Crippen molar-refractivity contribution in [3.05, 3.63) is 41.2 Å². The van der Waals surface area contributed by atoms with Crippen LogP contribution in [-0.2, 0) is 6.54 Å². The van der Waals surface area contributed by atoms with Gasteiger partial charge in [-0.1, -0.05) is 11.3 Å². The number of ether oxygens (including phenoxy) is 1. The maximum Gasteiger partial charge on any atom is 0.171 e. The maximum atomic E-state index is 10.5. The Morgan fingerprint density at radius 3 is 2.84 bits per heavy atom. The Kier molecular flexibility index (Phi) is 4.28. The molecule has 1 aromatic carbocycles. The summed E-state index contributed by atoms with van der Waals surface area (Å²) < 4.78 is 7.31. The van der Waals surface area contributed by atoms with Gasteiger partial charge in [-0.05, 0) is 37.1 Å². The number of nitrogens with zero attached hydrogens (tertiary/aromatic N) is 3. The molecular weight excluding hydrogens is 242 g/mol. The molecule has 19 heavy (non-hydrogen) atoms. The fourth-order valence-corrected chi connectivity index (χ4v) is 1.70. The van der Waals surface area contributed by atoms with Crippen LogP contribution in [0.2, 0.25) is 0 Å². The molecule has 0 aliphatic rings. The third-order valence-electron chi connectivity index (χ3n) is 2.96. The van der Waals surface area contributed by atoms with Crippen LogP contribution in [0.1, 0.15) is 28.0 Å². The minimum Gasteiger partial charge on any atom is -0.494 e. The first-order chi connectivity index (χ1) is 9.19. The molecule has 0 radical (unpaired) electrons. The van der Waals surface area contributed by atoms with Crippen molar-refractivity contribution in [2.45, 2.75) is 26.8 Å². The zero-order valence-electron chi connectivity index (χ0n) is 11.2. The van der Waals surface area contributed by atoms with Crippen molar-refractivity contribution < 1.29 is 9.53 Å². The molecule has 0 saturated carbocycles. The molecule has 0 saturated heterocycles. The number of carbonyl (C=O) groups is 1. The van der Waals surface area contributed by atoms with E-state index in [9.17, 15) is 4.79 Å². The predicted octanol–water partition coefficient (Wildman–Crippen LogP) is 2.18. The molecule has 0 fully saturated rings. The highest BCUT2D eigenvalue weighted by Gasteiger charge is 2.00. The Morgan fingerprint density at radius 1 is 1.32 bits per heavy atom. The Morgan fingerprint density at radius 2 is 2.16 bits per heavy atom. The molecule has 1 aromatic heterocycles. The number of aryl methyl sites for hydroxylation is 3. The quantitative estimate of drug-likeness (QED) is 0.589. The second-order valence-electron chi connectivity index (χ2n) is 4.47. The molecule has 2 aromatic rings. The zero-order chi connectivity index (χ0) is 13.7. The third kappa shape index (κ3) is 3.64. The van der Waals surface area contributed by atoms with Crippen molar-refractivity contribution in [3.8, 4) is 5.75 Å². The van der Waals surface area contributed by atoms with Gasteiger partial charge in [0.2, 0.25) is 0 Å². The van der Waals surface area contributed by atoms with Gasteiger partial charge in [0.25, 0.3) is 0 Å². The van der Waals surface area contributed by atoms with Crippen LogP contribution in [0.3, 0.4) is 0 Å². The normalized spacial score (nSPS) is 10.4. The standard InChI is InChI=1S/C14H17N3O2/c1-11-4-5-14(8-12(11)2)19-7-3-6-17-9-13(10-18)15-16-17/h4-5,8-10H,3,6-7H2,1-2H3. The van der Waals surface area contributed by atoms with Crippen LogP contribution >= 0.6 is 0 Å². The Bertz CT molecular complexity index is 564. The van der Waals surface area contributed by atoms with Crippen molar-refractivity contribution in [1.29, 1.82) is 0 Å². The molecule has 5 nitrogen and oxygen atoms in total. The molecule has 0 bridgehead atoms. The lowest BCUT2D eigenvalue weighted by Crippen LogP contribution is -2.05. The van der Waals surface area contributed by atoms with Crippen LogP contribution < -0.4 is 4.74 Å². The fourth-order valence-electron chi connectivity index (χ4n) is 1.70. The van der Waals surface area contributed by atoms with Gasteiger partial charge in [0.15, 0.2) is 6.29 Å². The van der Waals surface area contributed by atoms with E-state index in [2.05, 4.69) is 30.2 Å². The van der Waals surface area contributed by atoms with Crippen LogP contribution in [0.25, 0.3) is 0 Å². The summed E-state index contributed by atoms with van der Waals surface area (Å²) in [7, 11) is 0. The molecule has 0 atom stereocenters. The van der Waals surface area contributed by atoms with E-state index in [4.69, 9.17) is 4.74 Å². The molecule has 0 unspecified atom stereocenters.